The Labute approximate surface area is 207 Å². The van der Waals surface area contributed by atoms with Crippen molar-refractivity contribution in [3.63, 3.8) is 0 Å². The van der Waals surface area contributed by atoms with E-state index in [0.717, 1.165) is 50.8 Å². The van der Waals surface area contributed by atoms with Crippen LogP contribution in [0.15, 0.2) is 24.3 Å². The summed E-state index contributed by atoms with van der Waals surface area (Å²) in [5.74, 6) is 1.13. The number of piperidine rings is 2. The van der Waals surface area contributed by atoms with Gasteiger partial charge < -0.3 is 19.3 Å². The first kappa shape index (κ1) is 24.2. The highest BCUT2D eigenvalue weighted by atomic mass is 16.6. The van der Waals surface area contributed by atoms with Gasteiger partial charge in [-0.05, 0) is 87.2 Å². The molecular weight excluding hydrogens is 446 g/mol. The molecule has 7 atom stereocenters. The maximum atomic E-state index is 13.0. The minimum Gasteiger partial charge on any atom is -0.504 e. The first-order valence-corrected chi connectivity index (χ1v) is 13.0. The van der Waals surface area contributed by atoms with Crippen LogP contribution in [0.4, 0.5) is 0 Å². The number of nitrogens with zero attached hydrogens (tertiary/aromatic N) is 1. The van der Waals surface area contributed by atoms with E-state index in [1.54, 1.807) is 24.3 Å². The Bertz CT molecular complexity index is 1010. The van der Waals surface area contributed by atoms with Crippen LogP contribution in [-0.4, -0.2) is 59.9 Å². The predicted molar refractivity (Wildman–Crippen MR) is 131 cm³/mol. The van der Waals surface area contributed by atoms with Crippen LogP contribution < -0.4 is 4.74 Å². The lowest BCUT2D eigenvalue weighted by Crippen LogP contribution is -2.74. The molecule has 0 amide bonds. The number of carbonyl (C=O) groups excluding carboxylic acids is 2. The fraction of sp³-hybridized carbons (Fsp3) is 0.643. The highest BCUT2D eigenvalue weighted by Gasteiger charge is 2.66. The molecule has 2 saturated carbocycles. The van der Waals surface area contributed by atoms with Crippen LogP contribution in [0.25, 0.3) is 6.08 Å². The zero-order valence-electron chi connectivity index (χ0n) is 20.9. The molecule has 2 aliphatic carbocycles. The van der Waals surface area contributed by atoms with Crippen molar-refractivity contribution in [2.24, 2.45) is 23.7 Å². The van der Waals surface area contributed by atoms with Crippen LogP contribution in [0.1, 0.15) is 57.9 Å². The molecule has 5 rings (SSSR count). The molecule has 2 heterocycles. The molecule has 1 aromatic rings. The van der Waals surface area contributed by atoms with Crippen LogP contribution in [0.5, 0.6) is 11.5 Å². The van der Waals surface area contributed by atoms with E-state index in [4.69, 9.17) is 14.2 Å². The van der Waals surface area contributed by atoms with Gasteiger partial charge in [-0.15, -0.1) is 0 Å². The Balaban J connectivity index is 1.39. The summed E-state index contributed by atoms with van der Waals surface area (Å²) in [6, 6.07) is 4.95. The molecule has 7 nitrogen and oxygen atoms in total. The number of hydrogen-bond donors (Lipinski definition) is 1. The molecule has 0 radical (unpaired) electrons. The van der Waals surface area contributed by atoms with Crippen LogP contribution in [0.3, 0.4) is 0 Å². The molecule has 1 spiro atoms. The van der Waals surface area contributed by atoms with Crippen LogP contribution in [0.2, 0.25) is 0 Å². The van der Waals surface area contributed by atoms with Crippen molar-refractivity contribution in [3.8, 4) is 11.5 Å². The minimum atomic E-state index is -0.361. The number of esters is 2. The molecule has 2 saturated heterocycles. The monoisotopic (exact) mass is 483 g/mol. The molecule has 7 unspecified atom stereocenters. The fourth-order valence-corrected chi connectivity index (χ4v) is 7.99. The van der Waals surface area contributed by atoms with Crippen molar-refractivity contribution in [1.29, 1.82) is 0 Å². The largest absolute Gasteiger partial charge is 0.504 e. The van der Waals surface area contributed by atoms with Gasteiger partial charge in [-0.3, -0.25) is 9.69 Å². The Kier molecular flexibility index (Phi) is 6.55. The van der Waals surface area contributed by atoms with Gasteiger partial charge in [-0.25, -0.2) is 4.79 Å². The van der Waals surface area contributed by atoms with Gasteiger partial charge in [0.15, 0.2) is 11.5 Å². The average Bonchev–Trinajstić information content (AvgIpc) is 2.83. The van der Waals surface area contributed by atoms with E-state index in [1.165, 1.54) is 26.5 Å². The Morgan fingerprint density at radius 3 is 2.60 bits per heavy atom. The fourth-order valence-electron chi connectivity index (χ4n) is 7.99. The number of aromatic hydroxyl groups is 1. The van der Waals surface area contributed by atoms with E-state index in [2.05, 4.69) is 11.8 Å². The molecule has 190 valence electrons. The van der Waals surface area contributed by atoms with Gasteiger partial charge in [0.1, 0.15) is 12.2 Å². The molecule has 4 fully saturated rings. The van der Waals surface area contributed by atoms with Crippen LogP contribution in [-0.2, 0) is 19.1 Å². The van der Waals surface area contributed by atoms with E-state index < -0.39 is 0 Å². The Morgan fingerprint density at radius 1 is 1.14 bits per heavy atom. The van der Waals surface area contributed by atoms with E-state index in [9.17, 15) is 14.7 Å². The summed E-state index contributed by atoms with van der Waals surface area (Å²) in [6.07, 6.45) is 9.12. The summed E-state index contributed by atoms with van der Waals surface area (Å²) in [7, 11) is 1.49. The lowest BCUT2D eigenvalue weighted by atomic mass is 9.47. The molecule has 7 heteroatoms. The standard InChI is InChI=1S/C28H37NO6/c1-17-16-28-21-6-4-12-29(28)13-5-7-22(28)24(15-20(21)27(17)34-18(2)30)35-26(32)11-9-19-8-10-23(31)25(14-19)33-3/h8-11,14,17,20-22,24,27,31H,4-7,12-13,15-16H2,1-3H3. The topological polar surface area (TPSA) is 85.3 Å². The average molecular weight is 484 g/mol. The maximum Gasteiger partial charge on any atom is 0.331 e. The third kappa shape index (κ3) is 4.22. The molecule has 2 aliphatic heterocycles. The molecule has 35 heavy (non-hydrogen) atoms. The quantitative estimate of drug-likeness (QED) is 0.497. The van der Waals surface area contributed by atoms with Gasteiger partial charge in [0.2, 0.25) is 0 Å². The number of phenolic OH excluding ortho intramolecular Hbond substituents is 1. The second-order valence-corrected chi connectivity index (χ2v) is 10.9. The van der Waals surface area contributed by atoms with Crippen molar-refractivity contribution in [2.75, 3.05) is 20.2 Å². The molecule has 1 aromatic carbocycles. The second kappa shape index (κ2) is 9.49. The summed E-state index contributed by atoms with van der Waals surface area (Å²) >= 11 is 0. The van der Waals surface area contributed by atoms with E-state index in [1.807, 2.05) is 0 Å². The SMILES string of the molecule is COc1cc(C=CC(=O)OC2CC3C(OC(C)=O)C(C)CC45C2CCCN4CCCC35)ccc1O. The second-order valence-electron chi connectivity index (χ2n) is 10.9. The highest BCUT2D eigenvalue weighted by Crippen LogP contribution is 2.61. The van der Waals surface area contributed by atoms with E-state index in [-0.39, 0.29) is 41.4 Å². The van der Waals surface area contributed by atoms with Gasteiger partial charge in [-0.1, -0.05) is 13.0 Å². The smallest absolute Gasteiger partial charge is 0.331 e. The highest BCUT2D eigenvalue weighted by molar-refractivity contribution is 5.87. The summed E-state index contributed by atoms with van der Waals surface area (Å²) in [5.41, 5.74) is 0.782. The zero-order valence-corrected chi connectivity index (χ0v) is 20.9. The van der Waals surface area contributed by atoms with Crippen LogP contribution in [0, 0.1) is 23.7 Å². The summed E-state index contributed by atoms with van der Waals surface area (Å²) < 4.78 is 17.2. The summed E-state index contributed by atoms with van der Waals surface area (Å²) in [5, 5.41) is 9.80. The number of methoxy groups -OCH3 is 1. The van der Waals surface area contributed by atoms with Crippen molar-refractivity contribution in [2.45, 2.75) is 70.1 Å². The van der Waals surface area contributed by atoms with E-state index >= 15 is 0 Å². The molecule has 4 aliphatic rings. The summed E-state index contributed by atoms with van der Waals surface area (Å²) in [6.45, 7) is 5.93. The number of carbonyl (C=O) groups is 2. The predicted octanol–water partition coefficient (Wildman–Crippen LogP) is 4.18. The molecule has 0 aromatic heterocycles. The third-order valence-corrected chi connectivity index (χ3v) is 9.05. The van der Waals surface area contributed by atoms with Gasteiger partial charge >= 0.3 is 11.9 Å². The molecule has 2 bridgehead atoms. The number of phenols is 1. The lowest BCUT2D eigenvalue weighted by molar-refractivity contribution is -0.234. The number of hydrogen-bond acceptors (Lipinski definition) is 7. The van der Waals surface area contributed by atoms with Crippen molar-refractivity contribution in [1.82, 2.24) is 4.90 Å². The molecular formula is C28H37NO6. The van der Waals surface area contributed by atoms with Gasteiger partial charge in [0.25, 0.3) is 0 Å². The van der Waals surface area contributed by atoms with Gasteiger partial charge in [-0.2, -0.15) is 0 Å². The van der Waals surface area contributed by atoms with Crippen LogP contribution >= 0.6 is 0 Å². The lowest BCUT2D eigenvalue weighted by Gasteiger charge is -2.68. The Hall–Kier alpha value is -2.54. The van der Waals surface area contributed by atoms with Gasteiger partial charge in [0.05, 0.1) is 7.11 Å². The molecule has 1 N–H and O–H groups in total. The summed E-state index contributed by atoms with van der Waals surface area (Å²) in [4.78, 5) is 27.6. The minimum absolute atomic E-state index is 0.0362. The Morgan fingerprint density at radius 2 is 1.89 bits per heavy atom. The van der Waals surface area contributed by atoms with Crippen molar-refractivity contribution < 1.29 is 28.9 Å². The van der Waals surface area contributed by atoms with Gasteiger partial charge in [0, 0.05) is 30.4 Å². The first-order chi connectivity index (χ1) is 16.8. The number of benzene rings is 1. The third-order valence-electron chi connectivity index (χ3n) is 9.05. The first-order valence-electron chi connectivity index (χ1n) is 13.0. The van der Waals surface area contributed by atoms with Crippen molar-refractivity contribution >= 4 is 18.0 Å². The van der Waals surface area contributed by atoms with E-state index in [0.29, 0.717) is 23.5 Å². The number of rotatable bonds is 5. The van der Waals surface area contributed by atoms with Crippen molar-refractivity contribution in [3.05, 3.63) is 29.8 Å². The normalized spacial score (nSPS) is 36.3. The maximum absolute atomic E-state index is 13.0. The number of ether oxygens (including phenoxy) is 3. The zero-order chi connectivity index (χ0) is 24.7.